The monoisotopic (exact) mass is 277 g/mol. The summed E-state index contributed by atoms with van der Waals surface area (Å²) in [5.74, 6) is -6.80. The second-order valence-corrected chi connectivity index (χ2v) is 4.19. The summed E-state index contributed by atoms with van der Waals surface area (Å²) in [6.07, 6.45) is 0. The molecule has 0 aromatic heterocycles. The van der Waals surface area contributed by atoms with Gasteiger partial charge in [0.2, 0.25) is 0 Å². The zero-order valence-electron chi connectivity index (χ0n) is 9.86. The van der Waals surface area contributed by atoms with Crippen LogP contribution in [0.1, 0.15) is 20.7 Å². The maximum Gasteiger partial charge on any atom is 0.269 e. The molecule has 0 N–H and O–H groups in total. The zero-order chi connectivity index (χ0) is 14.4. The van der Waals surface area contributed by atoms with Gasteiger partial charge in [-0.05, 0) is 18.2 Å². The van der Waals surface area contributed by atoms with Crippen LogP contribution in [-0.4, -0.2) is 11.8 Å². The van der Waals surface area contributed by atoms with Gasteiger partial charge < -0.3 is 0 Å². The minimum Gasteiger partial charge on any atom is -0.268 e. The van der Waals surface area contributed by atoms with Gasteiger partial charge in [-0.1, -0.05) is 18.2 Å². The summed E-state index contributed by atoms with van der Waals surface area (Å²) in [4.78, 5) is 24.8. The lowest BCUT2D eigenvalue weighted by Crippen LogP contribution is -2.29. The smallest absolute Gasteiger partial charge is 0.268 e. The van der Waals surface area contributed by atoms with Crippen LogP contribution in [0.3, 0.4) is 0 Å². The molecule has 0 bridgehead atoms. The number of nitrogens with zero attached hydrogens (tertiary/aromatic N) is 1. The van der Waals surface area contributed by atoms with Crippen molar-refractivity contribution in [3.05, 3.63) is 65.0 Å². The first-order valence-corrected chi connectivity index (χ1v) is 5.63. The van der Waals surface area contributed by atoms with E-state index in [1.807, 2.05) is 0 Å². The Morgan fingerprint density at radius 2 is 1.50 bits per heavy atom. The van der Waals surface area contributed by atoms with Crippen molar-refractivity contribution in [1.29, 1.82) is 0 Å². The number of imide groups is 1. The molecule has 2 aromatic carbocycles. The lowest BCUT2D eigenvalue weighted by Gasteiger charge is -2.13. The van der Waals surface area contributed by atoms with Gasteiger partial charge >= 0.3 is 0 Å². The second kappa shape index (κ2) is 4.19. The first-order chi connectivity index (χ1) is 9.52. The Hall–Kier alpha value is -2.63. The number of carbonyl (C=O) groups is 2. The van der Waals surface area contributed by atoms with E-state index in [9.17, 15) is 22.8 Å². The van der Waals surface area contributed by atoms with Gasteiger partial charge in [0.1, 0.15) is 0 Å². The highest BCUT2D eigenvalue weighted by atomic mass is 19.2. The van der Waals surface area contributed by atoms with E-state index in [0.29, 0.717) is 11.0 Å². The molecule has 3 nitrogen and oxygen atoms in total. The normalized spacial score (nSPS) is 13.8. The number of rotatable bonds is 1. The summed E-state index contributed by atoms with van der Waals surface area (Å²) in [6, 6.07) is 8.30. The largest absolute Gasteiger partial charge is 0.269 e. The number of hydrogen-bond acceptors (Lipinski definition) is 2. The van der Waals surface area contributed by atoms with Crippen LogP contribution in [0.25, 0.3) is 0 Å². The van der Waals surface area contributed by atoms with E-state index in [-0.39, 0.29) is 5.69 Å². The molecular formula is C14H6F3NO2. The Kier molecular flexibility index (Phi) is 2.60. The van der Waals surface area contributed by atoms with Crippen molar-refractivity contribution in [2.75, 3.05) is 4.90 Å². The van der Waals surface area contributed by atoms with Crippen LogP contribution in [-0.2, 0) is 0 Å². The molecule has 1 aliphatic heterocycles. The maximum absolute atomic E-state index is 13.7. The van der Waals surface area contributed by atoms with Crippen LogP contribution < -0.4 is 4.90 Å². The molecule has 6 heteroatoms. The Morgan fingerprint density at radius 3 is 2.15 bits per heavy atom. The van der Waals surface area contributed by atoms with Crippen molar-refractivity contribution in [1.82, 2.24) is 0 Å². The number of carbonyl (C=O) groups excluding carboxylic acids is 2. The lowest BCUT2D eigenvalue weighted by molar-refractivity contribution is 0.0925. The van der Waals surface area contributed by atoms with Gasteiger partial charge in [-0.3, -0.25) is 9.59 Å². The number of benzene rings is 2. The van der Waals surface area contributed by atoms with Gasteiger partial charge in [0, 0.05) is 0 Å². The quantitative estimate of drug-likeness (QED) is 0.593. The molecule has 2 aromatic rings. The van der Waals surface area contributed by atoms with Gasteiger partial charge in [0.05, 0.1) is 16.8 Å². The van der Waals surface area contributed by atoms with E-state index in [2.05, 4.69) is 0 Å². The third-order valence-corrected chi connectivity index (χ3v) is 3.03. The topological polar surface area (TPSA) is 37.4 Å². The summed E-state index contributed by atoms with van der Waals surface area (Å²) in [7, 11) is 0. The van der Waals surface area contributed by atoms with Crippen molar-refractivity contribution in [3.8, 4) is 0 Å². The maximum atomic E-state index is 13.7. The van der Waals surface area contributed by atoms with E-state index >= 15 is 0 Å². The molecular weight excluding hydrogens is 271 g/mol. The molecule has 0 aliphatic carbocycles. The van der Waals surface area contributed by atoms with E-state index in [4.69, 9.17) is 0 Å². The molecule has 100 valence electrons. The predicted octanol–water partition coefficient (Wildman–Crippen LogP) is 2.90. The Balaban J connectivity index is 2.21. The third kappa shape index (κ3) is 1.54. The van der Waals surface area contributed by atoms with Gasteiger partial charge in [0.25, 0.3) is 11.8 Å². The molecule has 0 fully saturated rings. The predicted molar refractivity (Wildman–Crippen MR) is 63.9 cm³/mol. The molecule has 1 aliphatic rings. The first-order valence-electron chi connectivity index (χ1n) is 5.63. The summed E-state index contributed by atoms with van der Waals surface area (Å²) in [5, 5.41) is 0. The summed E-state index contributed by atoms with van der Waals surface area (Å²) in [6.45, 7) is 0. The third-order valence-electron chi connectivity index (χ3n) is 3.03. The lowest BCUT2D eigenvalue weighted by atomic mass is 10.1. The molecule has 0 saturated carbocycles. The highest BCUT2D eigenvalue weighted by Gasteiger charge is 2.41. The number of fused-ring (bicyclic) bond motifs is 1. The number of anilines is 1. The van der Waals surface area contributed by atoms with Gasteiger partial charge in [-0.15, -0.1) is 0 Å². The van der Waals surface area contributed by atoms with E-state index in [0.717, 1.165) is 0 Å². The van der Waals surface area contributed by atoms with Crippen molar-refractivity contribution in [2.24, 2.45) is 0 Å². The molecule has 0 radical (unpaired) electrons. The van der Waals surface area contributed by atoms with Crippen LogP contribution in [0.2, 0.25) is 0 Å². The SMILES string of the molecule is O=C1c2cc(F)c(F)c(F)c2C(=O)N1c1ccccc1. The number of amides is 2. The van der Waals surface area contributed by atoms with Crippen LogP contribution >= 0.6 is 0 Å². The number of halogens is 3. The van der Waals surface area contributed by atoms with Crippen LogP contribution in [0.4, 0.5) is 18.9 Å². The summed E-state index contributed by atoms with van der Waals surface area (Å²) < 4.78 is 40.0. The van der Waals surface area contributed by atoms with Crippen molar-refractivity contribution in [2.45, 2.75) is 0 Å². The standard InChI is InChI=1S/C14H6F3NO2/c15-9-6-8-10(12(17)11(9)16)14(20)18(13(8)19)7-4-2-1-3-5-7/h1-6H. The van der Waals surface area contributed by atoms with Gasteiger partial charge in [-0.25, -0.2) is 18.1 Å². The number of para-hydroxylation sites is 1. The highest BCUT2D eigenvalue weighted by Crippen LogP contribution is 2.31. The average Bonchev–Trinajstić information content (AvgIpc) is 2.69. The van der Waals surface area contributed by atoms with Crippen LogP contribution in [0.5, 0.6) is 0 Å². The Labute approximate surface area is 111 Å². The van der Waals surface area contributed by atoms with E-state index < -0.39 is 40.4 Å². The molecule has 2 amide bonds. The fourth-order valence-corrected chi connectivity index (χ4v) is 2.11. The minimum absolute atomic E-state index is 0.207. The molecule has 3 rings (SSSR count). The molecule has 0 spiro atoms. The van der Waals surface area contributed by atoms with Crippen LogP contribution in [0.15, 0.2) is 36.4 Å². The fraction of sp³-hybridized carbons (Fsp3) is 0. The van der Waals surface area contributed by atoms with Crippen LogP contribution in [0, 0.1) is 17.5 Å². The second-order valence-electron chi connectivity index (χ2n) is 4.19. The summed E-state index contributed by atoms with van der Waals surface area (Å²) in [5.41, 5.74) is -1.01. The Bertz CT molecular complexity index is 744. The first kappa shape index (κ1) is 12.4. The minimum atomic E-state index is -1.76. The highest BCUT2D eigenvalue weighted by molar-refractivity contribution is 6.34. The molecule has 0 unspecified atom stereocenters. The molecule has 1 heterocycles. The molecule has 0 saturated heterocycles. The van der Waals surface area contributed by atoms with Gasteiger partial charge in [0.15, 0.2) is 17.5 Å². The molecule has 0 atom stereocenters. The van der Waals surface area contributed by atoms with Crippen molar-refractivity contribution < 1.29 is 22.8 Å². The Morgan fingerprint density at radius 1 is 0.850 bits per heavy atom. The average molecular weight is 277 g/mol. The number of hydrogen-bond donors (Lipinski definition) is 0. The van der Waals surface area contributed by atoms with Gasteiger partial charge in [-0.2, -0.15) is 0 Å². The summed E-state index contributed by atoms with van der Waals surface area (Å²) >= 11 is 0. The van der Waals surface area contributed by atoms with Crippen molar-refractivity contribution in [3.63, 3.8) is 0 Å². The van der Waals surface area contributed by atoms with Crippen molar-refractivity contribution >= 4 is 17.5 Å². The zero-order valence-corrected chi connectivity index (χ0v) is 9.86. The van der Waals surface area contributed by atoms with E-state index in [1.54, 1.807) is 18.2 Å². The van der Waals surface area contributed by atoms with E-state index in [1.165, 1.54) is 12.1 Å². The molecule has 20 heavy (non-hydrogen) atoms. The fourth-order valence-electron chi connectivity index (χ4n) is 2.11.